The fourth-order valence-electron chi connectivity index (χ4n) is 6.53. The van der Waals surface area contributed by atoms with Gasteiger partial charge in [-0.15, -0.1) is 24.3 Å². The molecule has 0 atom stereocenters. The van der Waals surface area contributed by atoms with Gasteiger partial charge in [0, 0.05) is 44.2 Å². The normalized spacial score (nSPS) is 11.6. The van der Waals surface area contributed by atoms with E-state index in [2.05, 4.69) is 141 Å². The summed E-state index contributed by atoms with van der Waals surface area (Å²) >= 11 is 0. The number of benzene rings is 4. The molecule has 0 saturated heterocycles. The number of phenolic OH excluding ortho intramolecular Hbond substituents is 1. The van der Waals surface area contributed by atoms with Gasteiger partial charge in [-0.05, 0) is 105 Å². The number of rotatable bonds is 7. The molecule has 0 aliphatic carbocycles. The molecular weight excluding hydrogens is 792 g/mol. The van der Waals surface area contributed by atoms with Gasteiger partial charge in [-0.3, -0.25) is 9.97 Å². The summed E-state index contributed by atoms with van der Waals surface area (Å²) in [5.74, 6) is 0.999. The molecule has 2 heterocycles. The molecule has 0 fully saturated rings. The van der Waals surface area contributed by atoms with Crippen LogP contribution in [0.4, 0.5) is 0 Å². The molecule has 0 saturated carbocycles. The summed E-state index contributed by atoms with van der Waals surface area (Å²) < 4.78 is 0. The van der Waals surface area contributed by atoms with Crippen molar-refractivity contribution in [3.8, 4) is 61.8 Å². The first-order valence-electron chi connectivity index (χ1n) is 17.4. The maximum absolute atomic E-state index is 10.9. The SMILES string of the molecule is Cc1cc(C(C)(C)C)cc(C)c1-c1ccnc(-c2[c-]c(-c3cc(-c4cc(C(C)C)cc(C(C)C)c4)cc(-c4ccccc4O)n3)ccc2)c1.[Pt]. The van der Waals surface area contributed by atoms with E-state index in [0.717, 1.165) is 44.9 Å². The minimum atomic E-state index is 0. The van der Waals surface area contributed by atoms with Crippen LogP contribution in [0.3, 0.4) is 0 Å². The van der Waals surface area contributed by atoms with Gasteiger partial charge in [0.2, 0.25) is 0 Å². The third-order valence-corrected chi connectivity index (χ3v) is 9.44. The van der Waals surface area contributed by atoms with Gasteiger partial charge in [0.15, 0.2) is 0 Å². The van der Waals surface area contributed by atoms with E-state index in [1.807, 2.05) is 24.4 Å². The number of aryl methyl sites for hydroxylation is 2. The molecule has 50 heavy (non-hydrogen) atoms. The predicted molar refractivity (Wildman–Crippen MR) is 206 cm³/mol. The smallest absolute Gasteiger partial charge is 0.124 e. The number of phenols is 1. The van der Waals surface area contributed by atoms with Crippen molar-refractivity contribution in [2.45, 2.75) is 79.6 Å². The average molecular weight is 839 g/mol. The summed E-state index contributed by atoms with van der Waals surface area (Å²) in [6.45, 7) is 20.1. The fraction of sp³-hybridized carbons (Fsp3) is 0.261. The molecule has 6 rings (SSSR count). The minimum Gasteiger partial charge on any atom is -0.507 e. The van der Waals surface area contributed by atoms with E-state index in [9.17, 15) is 5.11 Å². The van der Waals surface area contributed by atoms with Crippen molar-refractivity contribution in [2.75, 3.05) is 0 Å². The van der Waals surface area contributed by atoms with Gasteiger partial charge in [-0.1, -0.05) is 114 Å². The zero-order valence-corrected chi connectivity index (χ0v) is 32.9. The Kier molecular flexibility index (Phi) is 11.0. The number of aromatic nitrogens is 2. The summed E-state index contributed by atoms with van der Waals surface area (Å²) in [4.78, 5) is 9.91. The van der Waals surface area contributed by atoms with Crippen molar-refractivity contribution in [2.24, 2.45) is 0 Å². The van der Waals surface area contributed by atoms with Crippen LogP contribution < -0.4 is 0 Å². The summed E-state index contributed by atoms with van der Waals surface area (Å²) in [6, 6.07) is 37.3. The van der Waals surface area contributed by atoms with Crippen LogP contribution in [0.5, 0.6) is 5.75 Å². The second-order valence-corrected chi connectivity index (χ2v) is 15.0. The van der Waals surface area contributed by atoms with Crippen molar-refractivity contribution in [1.29, 1.82) is 0 Å². The molecule has 0 radical (unpaired) electrons. The number of nitrogens with zero attached hydrogens (tertiary/aromatic N) is 2. The van der Waals surface area contributed by atoms with Crippen LogP contribution in [0, 0.1) is 19.9 Å². The predicted octanol–water partition coefficient (Wildman–Crippen LogP) is 12.5. The number of hydrogen-bond acceptors (Lipinski definition) is 3. The van der Waals surface area contributed by atoms with Crippen LogP contribution in [0.15, 0.2) is 103 Å². The molecule has 2 aromatic heterocycles. The third kappa shape index (κ3) is 7.84. The van der Waals surface area contributed by atoms with E-state index < -0.39 is 0 Å². The monoisotopic (exact) mass is 838 g/mol. The van der Waals surface area contributed by atoms with E-state index in [0.29, 0.717) is 17.4 Å². The van der Waals surface area contributed by atoms with Crippen LogP contribution in [0.25, 0.3) is 56.0 Å². The first-order chi connectivity index (χ1) is 23.3. The van der Waals surface area contributed by atoms with Crippen LogP contribution in [0.1, 0.15) is 88.1 Å². The van der Waals surface area contributed by atoms with E-state index in [1.54, 1.807) is 6.07 Å². The van der Waals surface area contributed by atoms with Gasteiger partial charge >= 0.3 is 0 Å². The standard InChI is InChI=1S/C46H47N2O.Pt/c1-28(2)35-22-36(29(3)4)24-37(23-35)38-26-42(48-43(27-38)40-15-10-11-16-44(40)49)33-14-12-13-32(21-33)41-25-34(17-18-47-41)45-30(5)19-39(20-31(45)6)46(7,8)9;/h10-20,22-29,49H,1-9H3;/q-1;. The zero-order valence-electron chi connectivity index (χ0n) is 30.6. The molecule has 0 spiro atoms. The number of hydrogen-bond donors (Lipinski definition) is 1. The van der Waals surface area contributed by atoms with Gasteiger partial charge in [0.1, 0.15) is 5.75 Å². The Morgan fingerprint density at radius 1 is 0.620 bits per heavy atom. The summed E-state index contributed by atoms with van der Waals surface area (Å²) in [5.41, 5.74) is 16.0. The molecular formula is C46H47N2OPt-. The molecule has 258 valence electrons. The molecule has 1 N–H and O–H groups in total. The first-order valence-corrected chi connectivity index (χ1v) is 17.4. The van der Waals surface area contributed by atoms with Gasteiger partial charge in [-0.2, -0.15) is 0 Å². The number of aromatic hydroxyl groups is 1. The topological polar surface area (TPSA) is 46.0 Å². The zero-order chi connectivity index (χ0) is 35.0. The fourth-order valence-corrected chi connectivity index (χ4v) is 6.53. The number of para-hydroxylation sites is 1. The van der Waals surface area contributed by atoms with Gasteiger partial charge in [0.25, 0.3) is 0 Å². The molecule has 0 amide bonds. The summed E-state index contributed by atoms with van der Waals surface area (Å²) in [7, 11) is 0. The largest absolute Gasteiger partial charge is 0.507 e. The molecule has 3 nitrogen and oxygen atoms in total. The van der Waals surface area contributed by atoms with E-state index in [4.69, 9.17) is 9.97 Å². The third-order valence-electron chi connectivity index (χ3n) is 9.44. The molecule has 0 aliphatic rings. The Morgan fingerprint density at radius 3 is 1.78 bits per heavy atom. The Hall–Kier alpha value is -4.33. The second-order valence-electron chi connectivity index (χ2n) is 15.0. The van der Waals surface area contributed by atoms with Crippen LogP contribution >= 0.6 is 0 Å². The Morgan fingerprint density at radius 2 is 1.18 bits per heavy atom. The Bertz CT molecular complexity index is 2110. The molecule has 4 aromatic carbocycles. The van der Waals surface area contributed by atoms with Crippen molar-refractivity contribution < 1.29 is 26.2 Å². The maximum Gasteiger partial charge on any atom is 0.124 e. The van der Waals surface area contributed by atoms with Gasteiger partial charge < -0.3 is 5.11 Å². The molecule has 0 unspecified atom stereocenters. The van der Waals surface area contributed by atoms with Gasteiger partial charge in [0.05, 0.1) is 5.69 Å². The minimum absolute atomic E-state index is 0. The molecule has 4 heteroatoms. The quantitative estimate of drug-likeness (QED) is 0.163. The maximum atomic E-state index is 10.9. The average Bonchev–Trinajstić information content (AvgIpc) is 3.07. The molecule has 0 aliphatic heterocycles. The van der Waals surface area contributed by atoms with Gasteiger partial charge in [-0.25, -0.2) is 0 Å². The van der Waals surface area contributed by atoms with E-state index in [-0.39, 0.29) is 32.2 Å². The van der Waals surface area contributed by atoms with Crippen LogP contribution in [-0.2, 0) is 26.5 Å². The summed E-state index contributed by atoms with van der Waals surface area (Å²) in [6.07, 6.45) is 1.89. The molecule has 6 aromatic rings. The van der Waals surface area contributed by atoms with Crippen molar-refractivity contribution >= 4 is 0 Å². The van der Waals surface area contributed by atoms with E-state index >= 15 is 0 Å². The van der Waals surface area contributed by atoms with Crippen LogP contribution in [-0.4, -0.2) is 15.1 Å². The van der Waals surface area contributed by atoms with Crippen molar-refractivity contribution in [3.05, 3.63) is 137 Å². The van der Waals surface area contributed by atoms with Crippen molar-refractivity contribution in [3.63, 3.8) is 0 Å². The van der Waals surface area contributed by atoms with Crippen molar-refractivity contribution in [1.82, 2.24) is 9.97 Å². The number of pyridine rings is 2. The first kappa shape index (κ1) is 36.9. The summed E-state index contributed by atoms with van der Waals surface area (Å²) in [5, 5.41) is 10.9. The second kappa shape index (κ2) is 14.9. The molecule has 0 bridgehead atoms. The van der Waals surface area contributed by atoms with Crippen LogP contribution in [0.2, 0.25) is 0 Å². The Labute approximate surface area is 313 Å². The Balaban J connectivity index is 0.00000486. The van der Waals surface area contributed by atoms with E-state index in [1.165, 1.54) is 33.4 Å².